The maximum absolute atomic E-state index is 12.4. The minimum atomic E-state index is -0.136. The first kappa shape index (κ1) is 21.5. The summed E-state index contributed by atoms with van der Waals surface area (Å²) in [4.78, 5) is 28.2. The average Bonchev–Trinajstić information content (AvgIpc) is 2.80. The number of aromatic nitrogens is 3. The van der Waals surface area contributed by atoms with Gasteiger partial charge in [0.05, 0.1) is 24.7 Å². The zero-order chi connectivity index (χ0) is 21.5. The van der Waals surface area contributed by atoms with Crippen LogP contribution in [-0.4, -0.2) is 52.9 Å². The molecule has 3 aromatic rings. The maximum atomic E-state index is 12.4. The lowest BCUT2D eigenvalue weighted by Gasteiger charge is -2.27. The number of para-hydroxylation sites is 2. The molecule has 1 aliphatic heterocycles. The summed E-state index contributed by atoms with van der Waals surface area (Å²) in [6.07, 6.45) is 0. The van der Waals surface area contributed by atoms with Crippen LogP contribution in [0, 0.1) is 0 Å². The largest absolute Gasteiger partial charge is 0.378 e. The van der Waals surface area contributed by atoms with Crippen molar-refractivity contribution in [3.05, 3.63) is 59.1 Å². The number of halogens is 1. The topological polar surface area (TPSA) is 92.3 Å². The minimum Gasteiger partial charge on any atom is -0.378 e. The van der Waals surface area contributed by atoms with E-state index in [0.717, 1.165) is 15.8 Å². The van der Waals surface area contributed by atoms with Crippen LogP contribution in [-0.2, 0) is 9.53 Å². The molecule has 2 N–H and O–H groups in total. The number of rotatable bonds is 7. The van der Waals surface area contributed by atoms with E-state index in [2.05, 4.69) is 46.4 Å². The van der Waals surface area contributed by atoms with Gasteiger partial charge in [-0.3, -0.25) is 4.79 Å². The fraction of sp³-hybridized carbons (Fsp3) is 0.238. The molecule has 0 unspecified atom stereocenters. The third-order valence-electron chi connectivity index (χ3n) is 4.41. The van der Waals surface area contributed by atoms with Gasteiger partial charge in [0.2, 0.25) is 17.8 Å². The first-order valence-corrected chi connectivity index (χ1v) is 11.5. The second-order valence-electron chi connectivity index (χ2n) is 6.65. The summed E-state index contributed by atoms with van der Waals surface area (Å²) in [7, 11) is 0. The summed E-state index contributed by atoms with van der Waals surface area (Å²) < 4.78 is 6.26. The number of carbonyl (C=O) groups excluding carboxylic acids is 1. The highest BCUT2D eigenvalue weighted by Crippen LogP contribution is 2.24. The number of thioether (sulfide) groups is 1. The molecule has 0 aliphatic carbocycles. The first-order chi connectivity index (χ1) is 15.2. The van der Waals surface area contributed by atoms with Crippen LogP contribution in [0.5, 0.6) is 0 Å². The summed E-state index contributed by atoms with van der Waals surface area (Å²) in [6, 6.07) is 17.2. The normalized spacial score (nSPS) is 13.6. The van der Waals surface area contributed by atoms with E-state index < -0.39 is 0 Å². The van der Waals surface area contributed by atoms with Crippen LogP contribution in [0.1, 0.15) is 0 Å². The van der Waals surface area contributed by atoms with E-state index in [1.54, 1.807) is 0 Å². The van der Waals surface area contributed by atoms with Crippen molar-refractivity contribution in [2.45, 2.75) is 5.16 Å². The molecule has 1 amide bonds. The monoisotopic (exact) mass is 500 g/mol. The highest BCUT2D eigenvalue weighted by Gasteiger charge is 2.17. The van der Waals surface area contributed by atoms with E-state index in [9.17, 15) is 4.79 Å². The molecular weight excluding hydrogens is 480 g/mol. The summed E-state index contributed by atoms with van der Waals surface area (Å²) in [5.41, 5.74) is 1.61. The Morgan fingerprint density at radius 1 is 1.03 bits per heavy atom. The molecule has 1 fully saturated rings. The second kappa shape index (κ2) is 10.6. The number of benzene rings is 2. The molecule has 0 bridgehead atoms. The Labute approximate surface area is 193 Å². The summed E-state index contributed by atoms with van der Waals surface area (Å²) in [6.45, 7) is 2.68. The standard InChI is InChI=1S/C21H21BrN6O2S/c22-16-8-4-5-9-17(16)24-18(29)14-31-21-26-19(23-15-6-2-1-3-7-15)25-20(27-21)28-10-12-30-13-11-28/h1-9H,10-14H2,(H,24,29)(H,23,25,26,27). The SMILES string of the molecule is O=C(CSc1nc(Nc2ccccc2)nc(N2CCOCC2)n1)Nc1ccccc1Br. The molecule has 4 rings (SSSR count). The molecular formula is C21H21BrN6O2S. The quantitative estimate of drug-likeness (QED) is 0.471. The van der Waals surface area contributed by atoms with Gasteiger partial charge in [-0.1, -0.05) is 42.1 Å². The molecule has 10 heteroatoms. The Morgan fingerprint density at radius 2 is 1.77 bits per heavy atom. The first-order valence-electron chi connectivity index (χ1n) is 9.75. The number of carbonyl (C=O) groups is 1. The highest BCUT2D eigenvalue weighted by molar-refractivity contribution is 9.10. The number of nitrogens with one attached hydrogen (secondary N) is 2. The number of anilines is 4. The molecule has 1 aliphatic rings. The van der Waals surface area contributed by atoms with Gasteiger partial charge in [0.15, 0.2) is 5.16 Å². The van der Waals surface area contributed by atoms with Crippen LogP contribution in [0.25, 0.3) is 0 Å². The Morgan fingerprint density at radius 3 is 2.55 bits per heavy atom. The van der Waals surface area contributed by atoms with Gasteiger partial charge in [-0.25, -0.2) is 0 Å². The lowest BCUT2D eigenvalue weighted by Crippen LogP contribution is -2.37. The number of ether oxygens (including phenoxy) is 1. The maximum Gasteiger partial charge on any atom is 0.234 e. The van der Waals surface area contributed by atoms with Crippen LogP contribution < -0.4 is 15.5 Å². The Hall–Kier alpha value is -2.69. The molecule has 0 radical (unpaired) electrons. The molecule has 0 spiro atoms. The van der Waals surface area contributed by atoms with Crippen molar-refractivity contribution in [1.29, 1.82) is 0 Å². The molecule has 160 valence electrons. The van der Waals surface area contributed by atoms with E-state index in [0.29, 0.717) is 43.4 Å². The van der Waals surface area contributed by atoms with Gasteiger partial charge in [0.1, 0.15) is 0 Å². The predicted molar refractivity (Wildman–Crippen MR) is 126 cm³/mol. The van der Waals surface area contributed by atoms with E-state index in [4.69, 9.17) is 4.74 Å². The van der Waals surface area contributed by atoms with Crippen molar-refractivity contribution in [3.63, 3.8) is 0 Å². The molecule has 1 saturated heterocycles. The van der Waals surface area contributed by atoms with Gasteiger partial charge in [-0.2, -0.15) is 15.0 Å². The number of morpholine rings is 1. The molecule has 31 heavy (non-hydrogen) atoms. The van der Waals surface area contributed by atoms with Crippen molar-refractivity contribution in [2.75, 3.05) is 47.6 Å². The van der Waals surface area contributed by atoms with E-state index >= 15 is 0 Å². The number of hydrogen-bond acceptors (Lipinski definition) is 8. The lowest BCUT2D eigenvalue weighted by atomic mass is 10.3. The molecule has 2 aromatic carbocycles. The third-order valence-corrected chi connectivity index (χ3v) is 5.95. The Kier molecular flexibility index (Phi) is 7.34. The summed E-state index contributed by atoms with van der Waals surface area (Å²) in [5.74, 6) is 1.06. The van der Waals surface area contributed by atoms with Gasteiger partial charge in [0, 0.05) is 23.2 Å². The van der Waals surface area contributed by atoms with E-state index in [-0.39, 0.29) is 11.7 Å². The zero-order valence-corrected chi connectivity index (χ0v) is 19.0. The summed E-state index contributed by atoms with van der Waals surface area (Å²) in [5, 5.41) is 6.59. The minimum absolute atomic E-state index is 0.136. The summed E-state index contributed by atoms with van der Waals surface area (Å²) >= 11 is 4.71. The van der Waals surface area contributed by atoms with Gasteiger partial charge < -0.3 is 20.3 Å². The second-order valence-corrected chi connectivity index (χ2v) is 8.45. The van der Waals surface area contributed by atoms with Crippen molar-refractivity contribution in [1.82, 2.24) is 15.0 Å². The predicted octanol–water partition coefficient (Wildman–Crippen LogP) is 3.95. The van der Waals surface area contributed by atoms with Crippen molar-refractivity contribution >= 4 is 56.9 Å². The molecule has 8 nitrogen and oxygen atoms in total. The van der Waals surface area contributed by atoms with Crippen LogP contribution in [0.3, 0.4) is 0 Å². The molecule has 0 saturated carbocycles. The van der Waals surface area contributed by atoms with Gasteiger partial charge in [0.25, 0.3) is 0 Å². The van der Waals surface area contributed by atoms with Crippen molar-refractivity contribution in [2.24, 2.45) is 0 Å². The van der Waals surface area contributed by atoms with Gasteiger partial charge >= 0.3 is 0 Å². The molecule has 0 atom stereocenters. The third kappa shape index (κ3) is 6.16. The van der Waals surface area contributed by atoms with E-state index in [1.807, 2.05) is 54.6 Å². The van der Waals surface area contributed by atoms with Crippen LogP contribution in [0.2, 0.25) is 0 Å². The fourth-order valence-electron chi connectivity index (χ4n) is 2.90. The van der Waals surface area contributed by atoms with Gasteiger partial charge in [-0.15, -0.1) is 0 Å². The Bertz CT molecular complexity index is 1030. The number of hydrogen-bond donors (Lipinski definition) is 2. The fourth-order valence-corrected chi connectivity index (χ4v) is 3.91. The van der Waals surface area contributed by atoms with Gasteiger partial charge in [-0.05, 0) is 40.2 Å². The smallest absolute Gasteiger partial charge is 0.234 e. The zero-order valence-electron chi connectivity index (χ0n) is 16.6. The van der Waals surface area contributed by atoms with Crippen LogP contribution in [0.4, 0.5) is 23.3 Å². The Balaban J connectivity index is 1.49. The molecule has 2 heterocycles. The number of nitrogens with zero attached hydrogens (tertiary/aromatic N) is 4. The number of amides is 1. The highest BCUT2D eigenvalue weighted by atomic mass is 79.9. The van der Waals surface area contributed by atoms with E-state index in [1.165, 1.54) is 11.8 Å². The van der Waals surface area contributed by atoms with Crippen molar-refractivity contribution < 1.29 is 9.53 Å². The van der Waals surface area contributed by atoms with Crippen molar-refractivity contribution in [3.8, 4) is 0 Å². The molecule has 1 aromatic heterocycles. The van der Waals surface area contributed by atoms with Crippen LogP contribution >= 0.6 is 27.7 Å². The van der Waals surface area contributed by atoms with Crippen LogP contribution in [0.15, 0.2) is 64.2 Å². The average molecular weight is 501 g/mol. The lowest BCUT2D eigenvalue weighted by molar-refractivity contribution is -0.113.